The van der Waals surface area contributed by atoms with Crippen LogP contribution in [0.5, 0.6) is 0 Å². The fraction of sp³-hybridized carbons (Fsp3) is 0.923. The number of piperidine rings is 1. The van der Waals surface area contributed by atoms with Crippen molar-refractivity contribution in [3.8, 4) is 0 Å². The molecule has 0 bridgehead atoms. The largest absolute Gasteiger partial charge is 0.338 e. The van der Waals surface area contributed by atoms with Crippen LogP contribution in [-0.4, -0.2) is 42.6 Å². The Morgan fingerprint density at radius 1 is 1.29 bits per heavy atom. The van der Waals surface area contributed by atoms with Crippen molar-refractivity contribution in [1.29, 1.82) is 0 Å². The molecule has 0 saturated carbocycles. The summed E-state index contributed by atoms with van der Waals surface area (Å²) in [6, 6.07) is -0.0459. The maximum absolute atomic E-state index is 11.6. The van der Waals surface area contributed by atoms with Crippen molar-refractivity contribution < 1.29 is 4.79 Å². The predicted molar refractivity (Wildman–Crippen MR) is 71.1 cm³/mol. The Morgan fingerprint density at radius 2 is 1.88 bits per heavy atom. The number of hydrogen-bond acceptors (Lipinski definition) is 2. The summed E-state index contributed by atoms with van der Waals surface area (Å²) in [5, 5.41) is 5.89. The Bertz CT molecular complexity index is 240. The molecular formula is C13H27N3O. The number of amides is 2. The Balaban J connectivity index is 2.17. The van der Waals surface area contributed by atoms with Crippen LogP contribution >= 0.6 is 0 Å². The van der Waals surface area contributed by atoms with Gasteiger partial charge in [0.1, 0.15) is 0 Å². The SMILES string of the molecule is CCN1CCC(CNC(=O)NC(C)(C)C)CC1. The lowest BCUT2D eigenvalue weighted by atomic mass is 9.97. The van der Waals surface area contributed by atoms with Crippen molar-refractivity contribution in [1.82, 2.24) is 15.5 Å². The van der Waals surface area contributed by atoms with Crippen LogP contribution in [0.3, 0.4) is 0 Å². The third kappa shape index (κ3) is 5.91. The van der Waals surface area contributed by atoms with Gasteiger partial charge in [0, 0.05) is 12.1 Å². The van der Waals surface area contributed by atoms with Crippen LogP contribution in [0.4, 0.5) is 4.79 Å². The maximum atomic E-state index is 11.6. The van der Waals surface area contributed by atoms with Gasteiger partial charge in [0.15, 0.2) is 0 Å². The Hall–Kier alpha value is -0.770. The van der Waals surface area contributed by atoms with E-state index in [2.05, 4.69) is 22.5 Å². The summed E-state index contributed by atoms with van der Waals surface area (Å²) in [7, 11) is 0. The maximum Gasteiger partial charge on any atom is 0.315 e. The molecule has 1 rings (SSSR count). The average Bonchev–Trinajstić information content (AvgIpc) is 2.25. The van der Waals surface area contributed by atoms with Crippen LogP contribution < -0.4 is 10.6 Å². The van der Waals surface area contributed by atoms with E-state index >= 15 is 0 Å². The first kappa shape index (κ1) is 14.3. The number of rotatable bonds is 3. The van der Waals surface area contributed by atoms with E-state index in [0.717, 1.165) is 13.1 Å². The fourth-order valence-electron chi connectivity index (χ4n) is 2.13. The van der Waals surface area contributed by atoms with Gasteiger partial charge in [-0.15, -0.1) is 0 Å². The molecule has 1 saturated heterocycles. The van der Waals surface area contributed by atoms with Gasteiger partial charge < -0.3 is 15.5 Å². The molecule has 0 unspecified atom stereocenters. The zero-order valence-electron chi connectivity index (χ0n) is 11.7. The molecule has 100 valence electrons. The lowest BCUT2D eigenvalue weighted by Crippen LogP contribution is -2.48. The van der Waals surface area contributed by atoms with Crippen molar-refractivity contribution in [3.63, 3.8) is 0 Å². The molecule has 17 heavy (non-hydrogen) atoms. The third-order valence-electron chi connectivity index (χ3n) is 3.19. The highest BCUT2D eigenvalue weighted by Crippen LogP contribution is 2.15. The van der Waals surface area contributed by atoms with E-state index in [1.54, 1.807) is 0 Å². The number of nitrogens with zero attached hydrogens (tertiary/aromatic N) is 1. The Morgan fingerprint density at radius 3 is 2.35 bits per heavy atom. The van der Waals surface area contributed by atoms with Gasteiger partial charge in [0.25, 0.3) is 0 Å². The molecule has 0 aromatic carbocycles. The number of carbonyl (C=O) groups is 1. The van der Waals surface area contributed by atoms with Gasteiger partial charge in [0.05, 0.1) is 0 Å². The van der Waals surface area contributed by atoms with Gasteiger partial charge in [0.2, 0.25) is 0 Å². The summed E-state index contributed by atoms with van der Waals surface area (Å²) < 4.78 is 0. The van der Waals surface area contributed by atoms with Crippen LogP contribution in [-0.2, 0) is 0 Å². The standard InChI is InChI=1S/C13H27N3O/c1-5-16-8-6-11(7-9-16)10-14-12(17)15-13(2,3)4/h11H,5-10H2,1-4H3,(H2,14,15,17). The molecule has 4 nitrogen and oxygen atoms in total. The fourth-order valence-corrected chi connectivity index (χ4v) is 2.13. The summed E-state index contributed by atoms with van der Waals surface area (Å²) in [5.74, 6) is 0.642. The molecule has 1 fully saturated rings. The second kappa shape index (κ2) is 6.24. The van der Waals surface area contributed by atoms with E-state index in [9.17, 15) is 4.79 Å². The molecule has 4 heteroatoms. The van der Waals surface area contributed by atoms with E-state index in [4.69, 9.17) is 0 Å². The van der Waals surface area contributed by atoms with E-state index in [1.807, 2.05) is 20.8 Å². The minimum Gasteiger partial charge on any atom is -0.338 e. The van der Waals surface area contributed by atoms with E-state index < -0.39 is 0 Å². The molecule has 0 aliphatic carbocycles. The minimum atomic E-state index is -0.157. The second-order valence-corrected chi connectivity index (χ2v) is 5.96. The number of urea groups is 1. The van der Waals surface area contributed by atoms with Crippen molar-refractivity contribution in [2.24, 2.45) is 5.92 Å². The van der Waals surface area contributed by atoms with Crippen molar-refractivity contribution >= 4 is 6.03 Å². The Kier molecular flexibility index (Phi) is 5.25. The van der Waals surface area contributed by atoms with Gasteiger partial charge in [-0.3, -0.25) is 0 Å². The summed E-state index contributed by atoms with van der Waals surface area (Å²) in [6.07, 6.45) is 2.40. The molecule has 1 aliphatic heterocycles. The second-order valence-electron chi connectivity index (χ2n) is 5.96. The van der Waals surface area contributed by atoms with Crippen LogP contribution in [0.1, 0.15) is 40.5 Å². The van der Waals surface area contributed by atoms with Gasteiger partial charge >= 0.3 is 6.03 Å². The summed E-state index contributed by atoms with van der Waals surface area (Å²) in [6.45, 7) is 12.5. The van der Waals surface area contributed by atoms with Crippen molar-refractivity contribution in [3.05, 3.63) is 0 Å². The summed E-state index contributed by atoms with van der Waals surface area (Å²) in [5.41, 5.74) is -0.157. The molecule has 0 aromatic rings. The molecule has 2 N–H and O–H groups in total. The van der Waals surface area contributed by atoms with Crippen LogP contribution in [0.25, 0.3) is 0 Å². The topological polar surface area (TPSA) is 44.4 Å². The quantitative estimate of drug-likeness (QED) is 0.791. The van der Waals surface area contributed by atoms with Gasteiger partial charge in [-0.2, -0.15) is 0 Å². The molecule has 0 spiro atoms. The monoisotopic (exact) mass is 241 g/mol. The first-order chi connectivity index (χ1) is 7.90. The van der Waals surface area contributed by atoms with E-state index in [0.29, 0.717) is 5.92 Å². The molecule has 1 aliphatic rings. The molecule has 0 radical (unpaired) electrons. The average molecular weight is 241 g/mol. The Labute approximate surface area is 105 Å². The molecule has 2 amide bonds. The highest BCUT2D eigenvalue weighted by atomic mass is 16.2. The number of carbonyl (C=O) groups excluding carboxylic acids is 1. The highest BCUT2D eigenvalue weighted by molar-refractivity contribution is 5.74. The van der Waals surface area contributed by atoms with Crippen molar-refractivity contribution in [2.75, 3.05) is 26.2 Å². The minimum absolute atomic E-state index is 0.0459. The lowest BCUT2D eigenvalue weighted by Gasteiger charge is -2.31. The third-order valence-corrected chi connectivity index (χ3v) is 3.19. The highest BCUT2D eigenvalue weighted by Gasteiger charge is 2.19. The molecule has 0 atom stereocenters. The smallest absolute Gasteiger partial charge is 0.315 e. The zero-order valence-corrected chi connectivity index (χ0v) is 11.7. The van der Waals surface area contributed by atoms with Crippen LogP contribution in [0.2, 0.25) is 0 Å². The summed E-state index contributed by atoms with van der Waals surface area (Å²) >= 11 is 0. The predicted octanol–water partition coefficient (Wildman–Crippen LogP) is 1.82. The number of nitrogens with one attached hydrogen (secondary N) is 2. The number of likely N-dealkylation sites (tertiary alicyclic amines) is 1. The first-order valence-corrected chi connectivity index (χ1v) is 6.69. The lowest BCUT2D eigenvalue weighted by molar-refractivity contribution is 0.187. The van der Waals surface area contributed by atoms with Crippen LogP contribution in [0.15, 0.2) is 0 Å². The zero-order chi connectivity index (χ0) is 12.9. The van der Waals surface area contributed by atoms with E-state index in [1.165, 1.54) is 25.9 Å². The number of hydrogen-bond donors (Lipinski definition) is 2. The van der Waals surface area contributed by atoms with Crippen LogP contribution in [0, 0.1) is 5.92 Å². The normalized spacial score (nSPS) is 19.1. The van der Waals surface area contributed by atoms with Gasteiger partial charge in [-0.1, -0.05) is 6.92 Å². The summed E-state index contributed by atoms with van der Waals surface area (Å²) in [4.78, 5) is 14.1. The first-order valence-electron chi connectivity index (χ1n) is 6.69. The van der Waals surface area contributed by atoms with Gasteiger partial charge in [-0.05, 0) is 59.2 Å². The van der Waals surface area contributed by atoms with Gasteiger partial charge in [-0.25, -0.2) is 4.79 Å². The molecular weight excluding hydrogens is 214 g/mol. The van der Waals surface area contributed by atoms with Crippen molar-refractivity contribution in [2.45, 2.75) is 46.1 Å². The molecule has 1 heterocycles. The van der Waals surface area contributed by atoms with E-state index in [-0.39, 0.29) is 11.6 Å². The molecule has 0 aromatic heterocycles.